The monoisotopic (exact) mass is 763 g/mol. The molecule has 0 spiro atoms. The van der Waals surface area contributed by atoms with Crippen LogP contribution in [-0.4, -0.2) is 67.4 Å². The van der Waals surface area contributed by atoms with Crippen LogP contribution in [0.1, 0.15) is 47.6 Å². The number of carbonyl (C=O) groups is 4. The van der Waals surface area contributed by atoms with E-state index >= 15 is 0 Å². The van der Waals surface area contributed by atoms with E-state index in [-0.39, 0.29) is 39.1 Å². The Morgan fingerprint density at radius 3 is 2.09 bits per heavy atom. The number of nitrogens with one attached hydrogen (secondary N) is 3. The van der Waals surface area contributed by atoms with Crippen molar-refractivity contribution in [3.05, 3.63) is 150 Å². The summed E-state index contributed by atoms with van der Waals surface area (Å²) in [6.07, 6.45) is 1.95. The molecule has 0 fully saturated rings. The van der Waals surface area contributed by atoms with E-state index in [4.69, 9.17) is 18.9 Å². The lowest BCUT2D eigenvalue weighted by molar-refractivity contribution is -0.155. The normalized spacial score (nSPS) is 19.2. The van der Waals surface area contributed by atoms with Gasteiger partial charge in [-0.25, -0.2) is 9.59 Å². The summed E-state index contributed by atoms with van der Waals surface area (Å²) >= 11 is 0. The number of rotatable bonds is 15. The number of cyclic esters (lactones) is 1. The molecule has 294 valence electrons. The molecule has 12 nitrogen and oxygen atoms in total. The number of esters is 1. The molecule has 4 N–H and O–H groups in total. The molecule has 1 aliphatic heterocycles. The Morgan fingerprint density at radius 1 is 0.821 bits per heavy atom. The summed E-state index contributed by atoms with van der Waals surface area (Å²) in [5, 5.41) is 18.6. The molecule has 3 amide bonds. The highest BCUT2D eigenvalue weighted by Crippen LogP contribution is 2.25. The van der Waals surface area contributed by atoms with Crippen LogP contribution in [0, 0.1) is 5.92 Å². The molecule has 12 heteroatoms. The number of hydrogen-bond acceptors (Lipinski definition) is 9. The van der Waals surface area contributed by atoms with Gasteiger partial charge in [-0.2, -0.15) is 0 Å². The van der Waals surface area contributed by atoms with Crippen LogP contribution >= 0.6 is 0 Å². The van der Waals surface area contributed by atoms with Gasteiger partial charge in [-0.15, -0.1) is 0 Å². The lowest BCUT2D eigenvalue weighted by Gasteiger charge is -2.31. The predicted octanol–water partition coefficient (Wildman–Crippen LogP) is 5.35. The summed E-state index contributed by atoms with van der Waals surface area (Å²) < 4.78 is 22.7. The van der Waals surface area contributed by atoms with Crippen molar-refractivity contribution in [2.24, 2.45) is 5.92 Å². The summed E-state index contributed by atoms with van der Waals surface area (Å²) in [7, 11) is 1.47. The van der Waals surface area contributed by atoms with Crippen LogP contribution in [0.2, 0.25) is 0 Å². The molecule has 0 aliphatic carbocycles. The van der Waals surface area contributed by atoms with Gasteiger partial charge in [0, 0.05) is 13.5 Å². The maximum atomic E-state index is 13.9. The van der Waals surface area contributed by atoms with Crippen molar-refractivity contribution in [3.63, 3.8) is 0 Å². The lowest BCUT2D eigenvalue weighted by atomic mass is 9.96. The highest BCUT2D eigenvalue weighted by atomic mass is 16.6. The van der Waals surface area contributed by atoms with E-state index < -0.39 is 54.0 Å². The molecule has 0 aromatic heterocycles. The highest BCUT2D eigenvalue weighted by Gasteiger charge is 2.34. The number of ether oxygens (including phenoxy) is 4. The van der Waals surface area contributed by atoms with Gasteiger partial charge in [-0.05, 0) is 53.6 Å². The van der Waals surface area contributed by atoms with Crippen molar-refractivity contribution in [2.75, 3.05) is 20.3 Å². The van der Waals surface area contributed by atoms with Crippen molar-refractivity contribution >= 4 is 23.9 Å². The third kappa shape index (κ3) is 13.1. The maximum Gasteiger partial charge on any atom is 0.408 e. The molecule has 0 saturated carbocycles. The number of methoxy groups -OCH3 is 1. The minimum atomic E-state index is -1.12. The standard InChI is InChI=1S/C44H49N3O9/c1-53-30-39-41(34-17-9-4-10-18-34)56-43(51)38(47-44(52)55-29-33-15-7-3-8-16-33)20-12-11-19-35(42(50)46-39)26-40(49)45-36(27-48)25-31-21-23-37(24-22-31)54-28-32-13-5-2-6-14-32/h2-18,21-24,35-36,38-39,41,48H,19-20,25-30H2,1H3,(H,45,49)(H,46,50)(H,47,52)/t35-,36+,38-,39+,41+/m1/s1. The smallest absolute Gasteiger partial charge is 0.408 e. The molecular weight excluding hydrogens is 714 g/mol. The molecule has 1 aliphatic rings. The number of amides is 3. The molecule has 0 radical (unpaired) electrons. The van der Waals surface area contributed by atoms with Crippen molar-refractivity contribution < 1.29 is 43.2 Å². The van der Waals surface area contributed by atoms with E-state index in [2.05, 4.69) is 16.0 Å². The topological polar surface area (TPSA) is 162 Å². The fourth-order valence-electron chi connectivity index (χ4n) is 6.23. The molecule has 0 bridgehead atoms. The quantitative estimate of drug-likeness (QED) is 0.0924. The molecule has 4 aromatic rings. The maximum absolute atomic E-state index is 13.9. The molecule has 0 unspecified atom stereocenters. The largest absolute Gasteiger partial charge is 0.489 e. The van der Waals surface area contributed by atoms with Crippen LogP contribution in [0.5, 0.6) is 5.75 Å². The van der Waals surface area contributed by atoms with E-state index in [0.29, 0.717) is 24.3 Å². The summed E-state index contributed by atoms with van der Waals surface area (Å²) in [6.45, 7) is 0.116. The molecule has 4 aromatic carbocycles. The Morgan fingerprint density at radius 2 is 1.45 bits per heavy atom. The minimum absolute atomic E-state index is 0.0101. The van der Waals surface area contributed by atoms with Gasteiger partial charge >= 0.3 is 12.1 Å². The average Bonchev–Trinajstić information content (AvgIpc) is 3.22. The Bertz CT molecular complexity index is 1860. The van der Waals surface area contributed by atoms with Gasteiger partial charge in [-0.1, -0.05) is 115 Å². The molecule has 5 rings (SSSR count). The lowest BCUT2D eigenvalue weighted by Crippen LogP contribution is -2.49. The third-order valence-corrected chi connectivity index (χ3v) is 9.20. The predicted molar refractivity (Wildman–Crippen MR) is 209 cm³/mol. The molecule has 0 saturated heterocycles. The first kappa shape index (κ1) is 41.2. The summed E-state index contributed by atoms with van der Waals surface area (Å²) in [4.78, 5) is 53.8. The second kappa shape index (κ2) is 21.8. The SMILES string of the molecule is COC[C@@H]1NC(=O)[C@@H](CC(=O)N[C@H](CO)Cc2ccc(OCc3ccccc3)cc2)CC=CC[C@@H](NC(=O)OCc2ccccc2)C(=O)O[C@H]1c1ccccc1. The van der Waals surface area contributed by atoms with Gasteiger partial charge in [0.25, 0.3) is 0 Å². The van der Waals surface area contributed by atoms with Gasteiger partial charge in [0.2, 0.25) is 11.8 Å². The summed E-state index contributed by atoms with van der Waals surface area (Å²) in [6, 6.07) is 32.8. The number of hydrogen-bond donors (Lipinski definition) is 4. The number of benzene rings is 4. The Hall–Kier alpha value is -5.98. The first-order chi connectivity index (χ1) is 27.3. The number of aliphatic hydroxyl groups is 1. The first-order valence-electron chi connectivity index (χ1n) is 18.6. The number of allylic oxidation sites excluding steroid dienone is 1. The fourth-order valence-corrected chi connectivity index (χ4v) is 6.23. The summed E-state index contributed by atoms with van der Waals surface area (Å²) in [5.74, 6) is -1.70. The van der Waals surface area contributed by atoms with E-state index in [1.807, 2.05) is 91.0 Å². The number of aliphatic hydroxyl groups excluding tert-OH is 1. The Labute approximate surface area is 327 Å². The van der Waals surface area contributed by atoms with E-state index in [1.165, 1.54) is 7.11 Å². The molecular formula is C44H49N3O9. The number of alkyl carbamates (subject to hydrolysis) is 1. The van der Waals surface area contributed by atoms with Crippen LogP contribution < -0.4 is 20.7 Å². The van der Waals surface area contributed by atoms with Crippen LogP contribution in [-0.2, 0) is 48.2 Å². The van der Waals surface area contributed by atoms with Crippen molar-refractivity contribution in [1.82, 2.24) is 16.0 Å². The zero-order valence-electron chi connectivity index (χ0n) is 31.4. The average molecular weight is 764 g/mol. The third-order valence-electron chi connectivity index (χ3n) is 9.20. The van der Waals surface area contributed by atoms with Gasteiger partial charge in [-0.3, -0.25) is 9.59 Å². The fraction of sp³-hybridized carbons (Fsp3) is 0.318. The zero-order chi connectivity index (χ0) is 39.5. The van der Waals surface area contributed by atoms with E-state index in [0.717, 1.165) is 16.7 Å². The zero-order valence-corrected chi connectivity index (χ0v) is 31.4. The van der Waals surface area contributed by atoms with Crippen molar-refractivity contribution in [2.45, 2.75) is 63.1 Å². The summed E-state index contributed by atoms with van der Waals surface area (Å²) in [5.41, 5.74) is 3.32. The Balaban J connectivity index is 1.26. The minimum Gasteiger partial charge on any atom is -0.489 e. The first-order valence-corrected chi connectivity index (χ1v) is 18.6. The molecule has 5 atom stereocenters. The Kier molecular flexibility index (Phi) is 16.0. The molecule has 1 heterocycles. The van der Waals surface area contributed by atoms with Crippen LogP contribution in [0.15, 0.2) is 127 Å². The van der Waals surface area contributed by atoms with Crippen LogP contribution in [0.25, 0.3) is 0 Å². The van der Waals surface area contributed by atoms with E-state index in [1.54, 1.807) is 36.4 Å². The van der Waals surface area contributed by atoms with Gasteiger partial charge < -0.3 is 40.0 Å². The van der Waals surface area contributed by atoms with Crippen LogP contribution in [0.4, 0.5) is 4.79 Å². The highest BCUT2D eigenvalue weighted by molar-refractivity contribution is 5.86. The van der Waals surface area contributed by atoms with Gasteiger partial charge in [0.05, 0.1) is 31.2 Å². The second-order valence-electron chi connectivity index (χ2n) is 13.5. The molecule has 56 heavy (non-hydrogen) atoms. The second-order valence-corrected chi connectivity index (χ2v) is 13.5. The van der Waals surface area contributed by atoms with Crippen molar-refractivity contribution in [1.29, 1.82) is 0 Å². The van der Waals surface area contributed by atoms with Crippen LogP contribution in [0.3, 0.4) is 0 Å². The van der Waals surface area contributed by atoms with Gasteiger partial charge in [0.1, 0.15) is 31.1 Å². The van der Waals surface area contributed by atoms with E-state index in [9.17, 15) is 24.3 Å². The van der Waals surface area contributed by atoms with Gasteiger partial charge in [0.15, 0.2) is 0 Å². The van der Waals surface area contributed by atoms with Crippen molar-refractivity contribution in [3.8, 4) is 5.75 Å². The number of carbonyl (C=O) groups excluding carboxylic acids is 4.